The van der Waals surface area contributed by atoms with Gasteiger partial charge in [0, 0.05) is 6.54 Å². The van der Waals surface area contributed by atoms with E-state index in [0.717, 1.165) is 5.82 Å². The van der Waals surface area contributed by atoms with Crippen LogP contribution < -0.4 is 16.6 Å². The molecule has 1 aromatic rings. The normalized spacial score (nSPS) is 13.8. The Morgan fingerprint density at radius 1 is 1.79 bits per heavy atom. The van der Waals surface area contributed by atoms with Gasteiger partial charge in [-0.1, -0.05) is 0 Å². The molecule has 0 saturated carbocycles. The molecule has 14 heavy (non-hydrogen) atoms. The Hall–Kier alpha value is -1.63. The van der Waals surface area contributed by atoms with Gasteiger partial charge in [-0.25, -0.2) is 10.8 Å². The zero-order valence-electron chi connectivity index (χ0n) is 8.28. The van der Waals surface area contributed by atoms with E-state index in [4.69, 9.17) is 5.84 Å². The van der Waals surface area contributed by atoms with Crippen LogP contribution in [0.2, 0.25) is 0 Å². The van der Waals surface area contributed by atoms with Crippen LogP contribution in [0.1, 0.15) is 25.7 Å². The molecule has 78 valence electrons. The van der Waals surface area contributed by atoms with E-state index in [2.05, 4.69) is 30.9 Å². The number of hydrogen-bond acceptors (Lipinski definition) is 4. The molecule has 0 aliphatic carbocycles. The summed E-state index contributed by atoms with van der Waals surface area (Å²) in [6.45, 7) is 4.52. The smallest absolute Gasteiger partial charge is 0.206 e. The van der Waals surface area contributed by atoms with Crippen LogP contribution in [0.4, 0.5) is 0 Å². The van der Waals surface area contributed by atoms with Gasteiger partial charge in [-0.05, 0) is 13.8 Å². The molecule has 0 aliphatic heterocycles. The van der Waals surface area contributed by atoms with Gasteiger partial charge in [-0.15, -0.1) is 0 Å². The summed E-state index contributed by atoms with van der Waals surface area (Å²) in [5, 5.41) is 9.57. The van der Waals surface area contributed by atoms with E-state index in [9.17, 15) is 0 Å². The molecule has 1 aromatic heterocycles. The van der Waals surface area contributed by atoms with Crippen LogP contribution in [0.15, 0.2) is 11.3 Å². The van der Waals surface area contributed by atoms with Gasteiger partial charge in [0.2, 0.25) is 5.96 Å². The van der Waals surface area contributed by atoms with Crippen molar-refractivity contribution in [2.75, 3.05) is 6.54 Å². The lowest BCUT2D eigenvalue weighted by molar-refractivity contribution is 0.647. The summed E-state index contributed by atoms with van der Waals surface area (Å²) in [7, 11) is 0. The SMILES string of the molecule is CCN=C(NN)NC(C)c1ncn[nH]1. The number of guanidine groups is 1. The second-order valence-corrected chi connectivity index (χ2v) is 2.70. The van der Waals surface area contributed by atoms with Gasteiger partial charge in [-0.2, -0.15) is 5.10 Å². The Labute approximate surface area is 82.2 Å². The standard InChI is InChI=1S/C7H15N7/c1-3-9-7(13-8)12-5(2)6-10-4-11-14-6/h4-5H,3,8H2,1-2H3,(H2,9,12,13)(H,10,11,14). The third-order valence-electron chi connectivity index (χ3n) is 1.65. The van der Waals surface area contributed by atoms with E-state index in [1.165, 1.54) is 6.33 Å². The van der Waals surface area contributed by atoms with E-state index in [-0.39, 0.29) is 6.04 Å². The van der Waals surface area contributed by atoms with E-state index >= 15 is 0 Å². The molecule has 0 bridgehead atoms. The van der Waals surface area contributed by atoms with Crippen LogP contribution in [0.3, 0.4) is 0 Å². The highest BCUT2D eigenvalue weighted by atomic mass is 15.3. The quantitative estimate of drug-likeness (QED) is 0.222. The highest BCUT2D eigenvalue weighted by Gasteiger charge is 2.08. The molecular formula is C7H15N7. The molecular weight excluding hydrogens is 182 g/mol. The van der Waals surface area contributed by atoms with Crippen molar-refractivity contribution in [3.63, 3.8) is 0 Å². The van der Waals surface area contributed by atoms with E-state index in [1.54, 1.807) is 0 Å². The van der Waals surface area contributed by atoms with Crippen LogP contribution in [0.5, 0.6) is 0 Å². The number of hydrogen-bond donors (Lipinski definition) is 4. The average molecular weight is 197 g/mol. The third kappa shape index (κ3) is 2.70. The number of nitrogens with zero attached hydrogens (tertiary/aromatic N) is 3. The first-order chi connectivity index (χ1) is 6.77. The summed E-state index contributed by atoms with van der Waals surface area (Å²) in [5.41, 5.74) is 2.47. The maximum atomic E-state index is 5.27. The molecule has 0 amide bonds. The molecule has 0 fully saturated rings. The number of aromatic amines is 1. The summed E-state index contributed by atoms with van der Waals surface area (Å²) in [6, 6.07) is -0.0150. The molecule has 1 heterocycles. The lowest BCUT2D eigenvalue weighted by Crippen LogP contribution is -2.42. The van der Waals surface area contributed by atoms with Crippen molar-refractivity contribution in [3.8, 4) is 0 Å². The Bertz CT molecular complexity index is 278. The molecule has 1 unspecified atom stereocenters. The maximum absolute atomic E-state index is 5.27. The lowest BCUT2D eigenvalue weighted by atomic mass is 10.3. The van der Waals surface area contributed by atoms with Gasteiger partial charge in [0.15, 0.2) is 0 Å². The minimum atomic E-state index is -0.0150. The van der Waals surface area contributed by atoms with Crippen molar-refractivity contribution in [3.05, 3.63) is 12.2 Å². The number of rotatable bonds is 3. The summed E-state index contributed by atoms with van der Waals surface area (Å²) in [6.07, 6.45) is 1.46. The third-order valence-corrected chi connectivity index (χ3v) is 1.65. The highest BCUT2D eigenvalue weighted by molar-refractivity contribution is 5.79. The predicted octanol–water partition coefficient (Wildman–Crippen LogP) is -0.705. The average Bonchev–Trinajstić information content (AvgIpc) is 2.69. The molecule has 5 N–H and O–H groups in total. The van der Waals surface area contributed by atoms with Crippen molar-refractivity contribution in [1.29, 1.82) is 0 Å². The fourth-order valence-electron chi connectivity index (χ4n) is 0.988. The van der Waals surface area contributed by atoms with Gasteiger partial charge >= 0.3 is 0 Å². The number of nitrogens with two attached hydrogens (primary N) is 1. The van der Waals surface area contributed by atoms with E-state index in [0.29, 0.717) is 12.5 Å². The summed E-state index contributed by atoms with van der Waals surface area (Å²) >= 11 is 0. The minimum Gasteiger partial charge on any atom is -0.346 e. The zero-order valence-corrected chi connectivity index (χ0v) is 8.28. The van der Waals surface area contributed by atoms with Gasteiger partial charge in [0.1, 0.15) is 12.2 Å². The number of hydrazine groups is 1. The number of aliphatic imine (C=N–C) groups is 1. The van der Waals surface area contributed by atoms with Crippen LogP contribution >= 0.6 is 0 Å². The highest BCUT2D eigenvalue weighted by Crippen LogP contribution is 2.02. The number of nitrogens with one attached hydrogen (secondary N) is 3. The summed E-state index contributed by atoms with van der Waals surface area (Å²) in [5.74, 6) is 6.55. The van der Waals surface area contributed by atoms with Crippen LogP contribution in [0.25, 0.3) is 0 Å². The molecule has 0 radical (unpaired) electrons. The summed E-state index contributed by atoms with van der Waals surface area (Å²) < 4.78 is 0. The fraction of sp³-hybridized carbons (Fsp3) is 0.571. The minimum absolute atomic E-state index is 0.0150. The van der Waals surface area contributed by atoms with Gasteiger partial charge in [-0.3, -0.25) is 15.5 Å². The Morgan fingerprint density at radius 2 is 2.57 bits per heavy atom. The summed E-state index contributed by atoms with van der Waals surface area (Å²) in [4.78, 5) is 8.11. The first kappa shape index (κ1) is 10.5. The zero-order chi connectivity index (χ0) is 10.4. The Kier molecular flexibility index (Phi) is 3.86. The molecule has 1 rings (SSSR count). The van der Waals surface area contributed by atoms with Crippen LogP contribution in [-0.4, -0.2) is 27.7 Å². The lowest BCUT2D eigenvalue weighted by Gasteiger charge is -2.13. The maximum Gasteiger partial charge on any atom is 0.206 e. The molecule has 0 aliphatic rings. The molecule has 7 nitrogen and oxygen atoms in total. The molecule has 7 heteroatoms. The monoisotopic (exact) mass is 197 g/mol. The van der Waals surface area contributed by atoms with Gasteiger partial charge in [0.05, 0.1) is 6.04 Å². The topological polar surface area (TPSA) is 104 Å². The molecule has 0 aromatic carbocycles. The van der Waals surface area contributed by atoms with Crippen molar-refractivity contribution in [2.24, 2.45) is 10.8 Å². The van der Waals surface area contributed by atoms with Crippen molar-refractivity contribution >= 4 is 5.96 Å². The Balaban J connectivity index is 2.55. The second kappa shape index (κ2) is 5.18. The Morgan fingerprint density at radius 3 is 3.07 bits per heavy atom. The molecule has 1 atom stereocenters. The van der Waals surface area contributed by atoms with Crippen molar-refractivity contribution in [2.45, 2.75) is 19.9 Å². The first-order valence-corrected chi connectivity index (χ1v) is 4.40. The predicted molar refractivity (Wildman–Crippen MR) is 53.2 cm³/mol. The van der Waals surface area contributed by atoms with Gasteiger partial charge in [0.25, 0.3) is 0 Å². The van der Waals surface area contributed by atoms with Gasteiger partial charge < -0.3 is 5.32 Å². The number of H-pyrrole nitrogens is 1. The van der Waals surface area contributed by atoms with Crippen LogP contribution in [0, 0.1) is 0 Å². The first-order valence-electron chi connectivity index (χ1n) is 4.40. The fourth-order valence-corrected chi connectivity index (χ4v) is 0.988. The largest absolute Gasteiger partial charge is 0.346 e. The van der Waals surface area contributed by atoms with E-state index in [1.807, 2.05) is 13.8 Å². The molecule has 0 saturated heterocycles. The molecule has 0 spiro atoms. The van der Waals surface area contributed by atoms with E-state index < -0.39 is 0 Å². The van der Waals surface area contributed by atoms with Crippen molar-refractivity contribution < 1.29 is 0 Å². The number of aromatic nitrogens is 3. The van der Waals surface area contributed by atoms with Crippen molar-refractivity contribution in [1.82, 2.24) is 25.9 Å². The second-order valence-electron chi connectivity index (χ2n) is 2.70. The van der Waals surface area contributed by atoms with Crippen LogP contribution in [-0.2, 0) is 0 Å².